The molecule has 2 N–H and O–H groups in total. The third-order valence-corrected chi connectivity index (χ3v) is 3.99. The van der Waals surface area contributed by atoms with E-state index in [9.17, 15) is 4.79 Å². The molecule has 0 aliphatic carbocycles. The molecule has 20 heavy (non-hydrogen) atoms. The van der Waals surface area contributed by atoms with Crippen LogP contribution in [-0.4, -0.2) is 32.6 Å². The van der Waals surface area contributed by atoms with E-state index in [1.807, 2.05) is 37.2 Å². The molecule has 1 saturated heterocycles. The molecule has 1 aliphatic heterocycles. The number of hydrogen-bond acceptors (Lipinski definition) is 3. The van der Waals surface area contributed by atoms with E-state index in [1.54, 1.807) is 0 Å². The second-order valence-corrected chi connectivity index (χ2v) is 6.00. The van der Waals surface area contributed by atoms with Crippen molar-refractivity contribution in [1.82, 2.24) is 5.32 Å². The SMILES string of the molecule is CC1CC(C(=O)Nc2cccc(Cl)c2N(C)C)CCN1. The maximum absolute atomic E-state index is 12.4. The largest absolute Gasteiger partial charge is 0.375 e. The smallest absolute Gasteiger partial charge is 0.227 e. The van der Waals surface area contributed by atoms with Gasteiger partial charge in [-0.15, -0.1) is 0 Å². The Morgan fingerprint density at radius 1 is 1.45 bits per heavy atom. The van der Waals surface area contributed by atoms with Crippen molar-refractivity contribution in [2.45, 2.75) is 25.8 Å². The summed E-state index contributed by atoms with van der Waals surface area (Å²) in [6, 6.07) is 5.98. The quantitative estimate of drug-likeness (QED) is 0.901. The summed E-state index contributed by atoms with van der Waals surface area (Å²) in [4.78, 5) is 14.3. The van der Waals surface area contributed by atoms with Gasteiger partial charge in [-0.2, -0.15) is 0 Å². The molecule has 5 heteroatoms. The summed E-state index contributed by atoms with van der Waals surface area (Å²) in [5, 5.41) is 7.04. The van der Waals surface area contributed by atoms with Gasteiger partial charge in [-0.25, -0.2) is 0 Å². The van der Waals surface area contributed by atoms with Crippen LogP contribution in [0.1, 0.15) is 19.8 Å². The van der Waals surface area contributed by atoms with Crippen LogP contribution in [0.3, 0.4) is 0 Å². The number of amides is 1. The molecular weight excluding hydrogens is 274 g/mol. The zero-order valence-corrected chi connectivity index (χ0v) is 13.0. The van der Waals surface area contributed by atoms with Crippen LogP contribution >= 0.6 is 11.6 Å². The first kappa shape index (κ1) is 15.1. The molecule has 2 unspecified atom stereocenters. The average molecular weight is 296 g/mol. The van der Waals surface area contributed by atoms with Crippen molar-refractivity contribution in [2.75, 3.05) is 30.9 Å². The minimum atomic E-state index is 0.0697. The van der Waals surface area contributed by atoms with Crippen LogP contribution in [0, 0.1) is 5.92 Å². The molecule has 0 spiro atoms. The molecule has 0 radical (unpaired) electrons. The molecule has 110 valence electrons. The monoisotopic (exact) mass is 295 g/mol. The molecule has 0 bridgehead atoms. The lowest BCUT2D eigenvalue weighted by Gasteiger charge is -2.28. The fourth-order valence-electron chi connectivity index (χ4n) is 2.68. The van der Waals surface area contributed by atoms with Crippen LogP contribution < -0.4 is 15.5 Å². The average Bonchev–Trinajstić information content (AvgIpc) is 2.38. The summed E-state index contributed by atoms with van der Waals surface area (Å²) in [6.45, 7) is 3.01. The normalized spacial score (nSPS) is 22.4. The van der Waals surface area contributed by atoms with Gasteiger partial charge in [0.1, 0.15) is 0 Å². The number of carbonyl (C=O) groups is 1. The first-order valence-corrected chi connectivity index (χ1v) is 7.37. The zero-order valence-electron chi connectivity index (χ0n) is 12.2. The highest BCUT2D eigenvalue weighted by molar-refractivity contribution is 6.34. The molecule has 1 fully saturated rings. The molecule has 2 atom stereocenters. The van der Waals surface area contributed by atoms with Crippen LogP contribution in [0.5, 0.6) is 0 Å². The van der Waals surface area contributed by atoms with Gasteiger partial charge in [0.25, 0.3) is 0 Å². The summed E-state index contributed by atoms with van der Waals surface area (Å²) < 4.78 is 0. The standard InChI is InChI=1S/C15H22ClN3O/c1-10-9-11(7-8-17-10)15(20)18-13-6-4-5-12(16)14(13)19(2)3/h4-6,10-11,17H,7-9H2,1-3H3,(H,18,20). The van der Waals surface area contributed by atoms with Gasteiger partial charge in [0.15, 0.2) is 0 Å². The van der Waals surface area contributed by atoms with Gasteiger partial charge in [0, 0.05) is 26.1 Å². The maximum Gasteiger partial charge on any atom is 0.227 e. The third kappa shape index (κ3) is 3.44. The van der Waals surface area contributed by atoms with E-state index in [-0.39, 0.29) is 11.8 Å². The number of para-hydroxylation sites is 1. The minimum absolute atomic E-state index is 0.0697. The van der Waals surface area contributed by atoms with Gasteiger partial charge >= 0.3 is 0 Å². The first-order chi connectivity index (χ1) is 9.49. The zero-order chi connectivity index (χ0) is 14.7. The van der Waals surface area contributed by atoms with Gasteiger partial charge < -0.3 is 15.5 Å². The summed E-state index contributed by atoms with van der Waals surface area (Å²) in [5.41, 5.74) is 1.63. The second-order valence-electron chi connectivity index (χ2n) is 5.60. The van der Waals surface area contributed by atoms with Crippen molar-refractivity contribution in [1.29, 1.82) is 0 Å². The van der Waals surface area contributed by atoms with Crippen molar-refractivity contribution >= 4 is 28.9 Å². The Kier molecular flexibility index (Phi) is 4.89. The molecule has 1 heterocycles. The number of carbonyl (C=O) groups excluding carboxylic acids is 1. The van der Waals surface area contributed by atoms with Gasteiger partial charge in [-0.3, -0.25) is 4.79 Å². The molecule has 0 aromatic heterocycles. The van der Waals surface area contributed by atoms with Crippen LogP contribution in [0.2, 0.25) is 5.02 Å². The van der Waals surface area contributed by atoms with E-state index in [1.165, 1.54) is 0 Å². The van der Waals surface area contributed by atoms with Gasteiger partial charge in [0.2, 0.25) is 5.91 Å². The number of nitrogens with zero attached hydrogens (tertiary/aromatic N) is 1. The lowest BCUT2D eigenvalue weighted by Crippen LogP contribution is -2.40. The minimum Gasteiger partial charge on any atom is -0.375 e. The maximum atomic E-state index is 12.4. The molecule has 1 aromatic carbocycles. The highest BCUT2D eigenvalue weighted by atomic mass is 35.5. The molecule has 2 rings (SSSR count). The van der Waals surface area contributed by atoms with E-state index in [0.29, 0.717) is 11.1 Å². The van der Waals surface area contributed by atoms with E-state index in [2.05, 4.69) is 17.6 Å². The first-order valence-electron chi connectivity index (χ1n) is 6.99. The van der Waals surface area contributed by atoms with Crippen molar-refractivity contribution in [3.8, 4) is 0 Å². The van der Waals surface area contributed by atoms with Crippen LogP contribution in [0.15, 0.2) is 18.2 Å². The number of anilines is 2. The van der Waals surface area contributed by atoms with E-state index in [0.717, 1.165) is 30.8 Å². The van der Waals surface area contributed by atoms with E-state index in [4.69, 9.17) is 11.6 Å². The Bertz CT molecular complexity index is 490. The van der Waals surface area contributed by atoms with Gasteiger partial charge in [0.05, 0.1) is 16.4 Å². The van der Waals surface area contributed by atoms with Crippen molar-refractivity contribution < 1.29 is 4.79 Å². The predicted molar refractivity (Wildman–Crippen MR) is 84.6 cm³/mol. The number of rotatable bonds is 3. The summed E-state index contributed by atoms with van der Waals surface area (Å²) in [6.07, 6.45) is 1.76. The van der Waals surface area contributed by atoms with Gasteiger partial charge in [-0.1, -0.05) is 17.7 Å². The van der Waals surface area contributed by atoms with Crippen molar-refractivity contribution in [2.24, 2.45) is 5.92 Å². The molecule has 1 aliphatic rings. The summed E-state index contributed by atoms with van der Waals surface area (Å²) in [7, 11) is 3.84. The fourth-order valence-corrected chi connectivity index (χ4v) is 3.02. The Labute approximate surface area is 125 Å². The Balaban J connectivity index is 2.13. The molecule has 1 aromatic rings. The highest BCUT2D eigenvalue weighted by Gasteiger charge is 2.25. The third-order valence-electron chi connectivity index (χ3n) is 3.69. The second kappa shape index (κ2) is 6.46. The lowest BCUT2D eigenvalue weighted by molar-refractivity contribution is -0.120. The lowest BCUT2D eigenvalue weighted by atomic mass is 9.92. The Hall–Kier alpha value is -1.26. The molecule has 1 amide bonds. The Morgan fingerprint density at radius 3 is 2.85 bits per heavy atom. The highest BCUT2D eigenvalue weighted by Crippen LogP contribution is 2.33. The fraction of sp³-hybridized carbons (Fsp3) is 0.533. The van der Waals surface area contributed by atoms with Crippen LogP contribution in [0.4, 0.5) is 11.4 Å². The number of piperidine rings is 1. The predicted octanol–water partition coefficient (Wildman–Crippen LogP) is 2.73. The topological polar surface area (TPSA) is 44.4 Å². The van der Waals surface area contributed by atoms with Gasteiger partial charge in [-0.05, 0) is 38.4 Å². The number of nitrogens with one attached hydrogen (secondary N) is 2. The molecule has 0 saturated carbocycles. The van der Waals surface area contributed by atoms with E-state index >= 15 is 0 Å². The van der Waals surface area contributed by atoms with Crippen LogP contribution in [0.25, 0.3) is 0 Å². The Morgan fingerprint density at radius 2 is 2.20 bits per heavy atom. The van der Waals surface area contributed by atoms with Crippen LogP contribution in [-0.2, 0) is 4.79 Å². The van der Waals surface area contributed by atoms with E-state index < -0.39 is 0 Å². The molecule has 4 nitrogen and oxygen atoms in total. The summed E-state index contributed by atoms with van der Waals surface area (Å²) >= 11 is 6.21. The number of benzene rings is 1. The summed E-state index contributed by atoms with van der Waals surface area (Å²) in [5.74, 6) is 0.156. The van der Waals surface area contributed by atoms with Crippen molar-refractivity contribution in [3.05, 3.63) is 23.2 Å². The number of hydrogen-bond donors (Lipinski definition) is 2. The number of halogens is 1. The molecular formula is C15H22ClN3O. The van der Waals surface area contributed by atoms with Crippen molar-refractivity contribution in [3.63, 3.8) is 0 Å².